The Morgan fingerprint density at radius 1 is 1.26 bits per heavy atom. The van der Waals surface area contributed by atoms with E-state index in [0.717, 1.165) is 0 Å². The molecule has 7 heteroatoms. The highest BCUT2D eigenvalue weighted by Gasteiger charge is 2.20. The van der Waals surface area contributed by atoms with Crippen LogP contribution in [-0.4, -0.2) is 40.3 Å². The number of urea groups is 1. The van der Waals surface area contributed by atoms with Gasteiger partial charge >= 0.3 is 18.0 Å². The minimum Gasteiger partial charge on any atom is -0.481 e. The van der Waals surface area contributed by atoms with E-state index in [1.165, 1.54) is 0 Å². The van der Waals surface area contributed by atoms with Crippen molar-refractivity contribution in [2.75, 3.05) is 0 Å². The van der Waals surface area contributed by atoms with E-state index in [2.05, 4.69) is 17.2 Å². The predicted molar refractivity (Wildman–Crippen MR) is 68.9 cm³/mol. The molecule has 0 saturated heterocycles. The second kappa shape index (κ2) is 8.96. The zero-order chi connectivity index (χ0) is 14.8. The minimum absolute atomic E-state index is 0.0743. The Bertz CT molecular complexity index is 343. The summed E-state index contributed by atoms with van der Waals surface area (Å²) in [6.07, 6.45) is 2.36. The molecular weight excluding hydrogens is 252 g/mol. The molecule has 0 rings (SSSR count). The highest BCUT2D eigenvalue weighted by Crippen LogP contribution is 2.02. The van der Waals surface area contributed by atoms with E-state index < -0.39 is 24.0 Å². The van der Waals surface area contributed by atoms with Crippen LogP contribution in [0.3, 0.4) is 0 Å². The van der Waals surface area contributed by atoms with Crippen molar-refractivity contribution < 1.29 is 24.6 Å². The van der Waals surface area contributed by atoms with Crippen molar-refractivity contribution in [3.8, 4) is 0 Å². The summed E-state index contributed by atoms with van der Waals surface area (Å²) in [7, 11) is 0. The Hall–Kier alpha value is -2.05. The van der Waals surface area contributed by atoms with Crippen molar-refractivity contribution >= 4 is 18.0 Å². The molecule has 0 bridgehead atoms. The maximum Gasteiger partial charge on any atom is 0.326 e. The lowest BCUT2D eigenvalue weighted by Crippen LogP contribution is -2.48. The third-order valence-corrected chi connectivity index (χ3v) is 2.38. The minimum atomic E-state index is -1.18. The summed E-state index contributed by atoms with van der Waals surface area (Å²) in [6, 6.07) is -1.82. The van der Waals surface area contributed by atoms with Gasteiger partial charge < -0.3 is 20.8 Å². The first kappa shape index (κ1) is 16.9. The van der Waals surface area contributed by atoms with E-state index in [9.17, 15) is 14.4 Å². The van der Waals surface area contributed by atoms with Crippen LogP contribution in [0.1, 0.15) is 32.6 Å². The van der Waals surface area contributed by atoms with Gasteiger partial charge in [-0.2, -0.15) is 0 Å². The van der Waals surface area contributed by atoms with E-state index in [-0.39, 0.29) is 25.3 Å². The summed E-state index contributed by atoms with van der Waals surface area (Å²) in [5.74, 6) is -2.18. The summed E-state index contributed by atoms with van der Waals surface area (Å²) in [5, 5.41) is 22.3. The van der Waals surface area contributed by atoms with Gasteiger partial charge in [-0.05, 0) is 26.2 Å². The first-order valence-corrected chi connectivity index (χ1v) is 5.99. The van der Waals surface area contributed by atoms with Gasteiger partial charge in [0.25, 0.3) is 0 Å². The van der Waals surface area contributed by atoms with Gasteiger partial charge in [0.2, 0.25) is 0 Å². The highest BCUT2D eigenvalue weighted by atomic mass is 16.4. The third-order valence-electron chi connectivity index (χ3n) is 2.38. The van der Waals surface area contributed by atoms with Crippen molar-refractivity contribution in [1.29, 1.82) is 0 Å². The van der Waals surface area contributed by atoms with Crippen LogP contribution in [0.4, 0.5) is 4.79 Å². The predicted octanol–water partition coefficient (Wildman–Crippen LogP) is 0.958. The molecule has 0 aliphatic rings. The average molecular weight is 272 g/mol. The summed E-state index contributed by atoms with van der Waals surface area (Å²) < 4.78 is 0. The molecule has 4 N–H and O–H groups in total. The summed E-state index contributed by atoms with van der Waals surface area (Å²) in [5.41, 5.74) is 0. The molecule has 0 aliphatic carbocycles. The fourth-order valence-electron chi connectivity index (χ4n) is 1.45. The van der Waals surface area contributed by atoms with E-state index in [1.807, 2.05) is 0 Å². The standard InChI is InChI=1S/C12H20N2O5/c1-3-5-8(2)13-12(19)14-9(11(17)18)6-4-7-10(15)16/h3,8-9H,1,4-7H2,2H3,(H,15,16)(H,17,18)(H2,13,14,19)/t8?,9-/m1/s1. The van der Waals surface area contributed by atoms with E-state index in [1.54, 1.807) is 13.0 Å². The molecule has 0 aliphatic heterocycles. The summed E-state index contributed by atoms with van der Waals surface area (Å²) in [4.78, 5) is 32.8. The summed E-state index contributed by atoms with van der Waals surface area (Å²) >= 11 is 0. The number of rotatable bonds is 9. The van der Waals surface area contributed by atoms with Crippen LogP contribution in [0.25, 0.3) is 0 Å². The van der Waals surface area contributed by atoms with Gasteiger partial charge in [-0.1, -0.05) is 6.08 Å². The van der Waals surface area contributed by atoms with Gasteiger partial charge in [0.15, 0.2) is 0 Å². The van der Waals surface area contributed by atoms with Gasteiger partial charge in [0.1, 0.15) is 6.04 Å². The fourth-order valence-corrected chi connectivity index (χ4v) is 1.45. The molecule has 2 atom stereocenters. The van der Waals surface area contributed by atoms with E-state index in [4.69, 9.17) is 10.2 Å². The number of aliphatic carboxylic acids is 2. The monoisotopic (exact) mass is 272 g/mol. The second-order valence-electron chi connectivity index (χ2n) is 4.22. The normalized spacial score (nSPS) is 13.1. The first-order valence-electron chi connectivity index (χ1n) is 5.99. The Morgan fingerprint density at radius 2 is 1.89 bits per heavy atom. The van der Waals surface area contributed by atoms with Crippen LogP contribution < -0.4 is 10.6 Å². The molecule has 0 heterocycles. The number of nitrogens with one attached hydrogen (secondary N) is 2. The number of carbonyl (C=O) groups excluding carboxylic acids is 1. The van der Waals surface area contributed by atoms with Gasteiger partial charge in [-0.25, -0.2) is 9.59 Å². The molecule has 0 saturated carbocycles. The van der Waals surface area contributed by atoms with Crippen LogP contribution in [0.15, 0.2) is 12.7 Å². The Morgan fingerprint density at radius 3 is 2.37 bits per heavy atom. The molecule has 0 aromatic rings. The average Bonchev–Trinajstić information content (AvgIpc) is 2.27. The molecule has 19 heavy (non-hydrogen) atoms. The van der Waals surface area contributed by atoms with Gasteiger partial charge in [-0.15, -0.1) is 6.58 Å². The quantitative estimate of drug-likeness (QED) is 0.466. The van der Waals surface area contributed by atoms with Crippen molar-refractivity contribution in [1.82, 2.24) is 10.6 Å². The molecule has 108 valence electrons. The molecule has 0 fully saturated rings. The van der Waals surface area contributed by atoms with Crippen LogP contribution in [0.5, 0.6) is 0 Å². The molecule has 2 amide bonds. The molecule has 0 aromatic carbocycles. The Labute approximate surface area is 111 Å². The first-order chi connectivity index (χ1) is 8.86. The lowest BCUT2D eigenvalue weighted by molar-refractivity contribution is -0.140. The topological polar surface area (TPSA) is 116 Å². The number of carboxylic acids is 2. The number of hydrogen-bond acceptors (Lipinski definition) is 3. The SMILES string of the molecule is C=CCC(C)NC(=O)N[C@H](CCCC(=O)O)C(=O)O. The zero-order valence-corrected chi connectivity index (χ0v) is 10.9. The maximum atomic E-state index is 11.5. The summed E-state index contributed by atoms with van der Waals surface area (Å²) in [6.45, 7) is 5.30. The van der Waals surface area contributed by atoms with Crippen molar-refractivity contribution in [3.63, 3.8) is 0 Å². The lowest BCUT2D eigenvalue weighted by Gasteiger charge is -2.17. The number of carboxylic acid groups (broad SMARTS) is 2. The molecule has 0 spiro atoms. The Balaban J connectivity index is 4.18. The van der Waals surface area contributed by atoms with E-state index >= 15 is 0 Å². The van der Waals surface area contributed by atoms with Gasteiger partial charge in [0.05, 0.1) is 0 Å². The van der Waals surface area contributed by atoms with Crippen molar-refractivity contribution in [3.05, 3.63) is 12.7 Å². The maximum absolute atomic E-state index is 11.5. The zero-order valence-electron chi connectivity index (χ0n) is 10.9. The van der Waals surface area contributed by atoms with Crippen LogP contribution >= 0.6 is 0 Å². The highest BCUT2D eigenvalue weighted by molar-refractivity contribution is 5.82. The third kappa shape index (κ3) is 8.64. The van der Waals surface area contributed by atoms with Crippen LogP contribution in [0, 0.1) is 0 Å². The van der Waals surface area contributed by atoms with Crippen molar-refractivity contribution in [2.24, 2.45) is 0 Å². The lowest BCUT2D eigenvalue weighted by atomic mass is 10.1. The molecule has 0 radical (unpaired) electrons. The van der Waals surface area contributed by atoms with Crippen LogP contribution in [-0.2, 0) is 9.59 Å². The van der Waals surface area contributed by atoms with Gasteiger partial charge in [-0.3, -0.25) is 4.79 Å². The largest absolute Gasteiger partial charge is 0.481 e. The molecule has 7 nitrogen and oxygen atoms in total. The van der Waals surface area contributed by atoms with Gasteiger partial charge in [0, 0.05) is 12.5 Å². The smallest absolute Gasteiger partial charge is 0.326 e. The molecule has 0 aromatic heterocycles. The number of hydrogen-bond donors (Lipinski definition) is 4. The second-order valence-corrected chi connectivity index (χ2v) is 4.22. The van der Waals surface area contributed by atoms with E-state index in [0.29, 0.717) is 6.42 Å². The Kier molecular flexibility index (Phi) is 7.99. The number of carbonyl (C=O) groups is 3. The molecular formula is C12H20N2O5. The van der Waals surface area contributed by atoms with Crippen molar-refractivity contribution in [2.45, 2.75) is 44.7 Å². The number of amides is 2. The van der Waals surface area contributed by atoms with Crippen LogP contribution in [0.2, 0.25) is 0 Å². The molecule has 1 unspecified atom stereocenters. The fraction of sp³-hybridized carbons (Fsp3) is 0.583.